The lowest BCUT2D eigenvalue weighted by atomic mass is 10.1. The van der Waals surface area contributed by atoms with Crippen LogP contribution < -0.4 is 10.6 Å². The van der Waals surface area contributed by atoms with Gasteiger partial charge in [0.2, 0.25) is 0 Å². The summed E-state index contributed by atoms with van der Waals surface area (Å²) in [6.07, 6.45) is 2.11. The van der Waals surface area contributed by atoms with E-state index in [1.54, 1.807) is 0 Å². The molecule has 1 aliphatic heterocycles. The summed E-state index contributed by atoms with van der Waals surface area (Å²) in [6, 6.07) is 0.738. The number of hydrogen-bond acceptors (Lipinski definition) is 3. The van der Waals surface area contributed by atoms with Gasteiger partial charge in [0, 0.05) is 12.6 Å². The van der Waals surface area contributed by atoms with E-state index in [-0.39, 0.29) is 12.1 Å². The van der Waals surface area contributed by atoms with Crippen molar-refractivity contribution >= 4 is 6.09 Å². The van der Waals surface area contributed by atoms with Gasteiger partial charge in [-0.2, -0.15) is 0 Å². The van der Waals surface area contributed by atoms with Crippen LogP contribution in [0.3, 0.4) is 0 Å². The van der Waals surface area contributed by atoms with Crippen molar-refractivity contribution in [3.63, 3.8) is 0 Å². The Morgan fingerprint density at radius 3 is 2.53 bits per heavy atom. The predicted molar refractivity (Wildman–Crippen MR) is 57.7 cm³/mol. The summed E-state index contributed by atoms with van der Waals surface area (Å²) >= 11 is 0. The number of alkyl carbamates (subject to hydrolysis) is 1. The highest BCUT2D eigenvalue weighted by molar-refractivity contribution is 5.68. The summed E-state index contributed by atoms with van der Waals surface area (Å²) in [7, 11) is 0. The van der Waals surface area contributed by atoms with Crippen LogP contribution in [0.15, 0.2) is 0 Å². The van der Waals surface area contributed by atoms with Crippen LogP contribution in [0, 0.1) is 5.92 Å². The minimum absolute atomic E-state index is 0.278. The van der Waals surface area contributed by atoms with E-state index in [4.69, 9.17) is 4.74 Å². The summed E-state index contributed by atoms with van der Waals surface area (Å²) < 4.78 is 5.25. The number of fused-ring (bicyclic) bond motifs is 2. The summed E-state index contributed by atoms with van der Waals surface area (Å²) in [4.78, 5) is 11.6. The lowest BCUT2D eigenvalue weighted by Gasteiger charge is -2.23. The number of nitrogens with one attached hydrogen (secondary N) is 2. The molecule has 2 bridgehead atoms. The first-order valence-corrected chi connectivity index (χ1v) is 5.68. The fourth-order valence-corrected chi connectivity index (χ4v) is 2.50. The zero-order chi connectivity index (χ0) is 11.1. The van der Waals surface area contributed by atoms with Crippen molar-refractivity contribution in [2.45, 2.75) is 51.3 Å². The highest BCUT2D eigenvalue weighted by Gasteiger charge is 2.42. The third-order valence-electron chi connectivity index (χ3n) is 3.12. The van der Waals surface area contributed by atoms with Crippen LogP contribution in [0.1, 0.15) is 33.6 Å². The van der Waals surface area contributed by atoms with Gasteiger partial charge in [-0.25, -0.2) is 4.79 Å². The monoisotopic (exact) mass is 212 g/mol. The van der Waals surface area contributed by atoms with Gasteiger partial charge in [-0.15, -0.1) is 0 Å². The third kappa shape index (κ3) is 2.43. The van der Waals surface area contributed by atoms with E-state index in [2.05, 4.69) is 10.6 Å². The predicted octanol–water partition coefficient (Wildman–Crippen LogP) is 1.26. The molecule has 1 saturated heterocycles. The minimum Gasteiger partial charge on any atom is -0.444 e. The normalized spacial score (nSPS) is 34.2. The molecule has 0 radical (unpaired) electrons. The number of carbonyl (C=O) groups excluding carboxylic acids is 1. The van der Waals surface area contributed by atoms with Gasteiger partial charge in [0.25, 0.3) is 0 Å². The second-order valence-corrected chi connectivity index (χ2v) is 5.52. The second kappa shape index (κ2) is 3.67. The first kappa shape index (κ1) is 10.7. The smallest absolute Gasteiger partial charge is 0.407 e. The number of carbonyl (C=O) groups is 1. The maximum atomic E-state index is 11.6. The van der Waals surface area contributed by atoms with Crippen molar-refractivity contribution in [2.75, 3.05) is 6.54 Å². The molecule has 0 aromatic heterocycles. The van der Waals surface area contributed by atoms with E-state index < -0.39 is 5.60 Å². The number of hydrogen-bond donors (Lipinski definition) is 2. The van der Waals surface area contributed by atoms with Crippen molar-refractivity contribution < 1.29 is 9.53 Å². The Bertz CT molecular complexity index is 240. The van der Waals surface area contributed by atoms with Crippen LogP contribution in [-0.4, -0.2) is 30.3 Å². The molecule has 2 rings (SSSR count). The third-order valence-corrected chi connectivity index (χ3v) is 3.12. The Hall–Kier alpha value is -0.770. The van der Waals surface area contributed by atoms with Gasteiger partial charge >= 0.3 is 6.09 Å². The molecule has 15 heavy (non-hydrogen) atoms. The summed E-state index contributed by atoms with van der Waals surface area (Å²) in [6.45, 7) is 6.68. The molecule has 4 nitrogen and oxygen atoms in total. The minimum atomic E-state index is -0.408. The fourth-order valence-electron chi connectivity index (χ4n) is 2.50. The average Bonchev–Trinajstić information content (AvgIpc) is 2.61. The lowest BCUT2D eigenvalue weighted by Crippen LogP contribution is -2.44. The molecular weight excluding hydrogens is 192 g/mol. The van der Waals surface area contributed by atoms with Crippen molar-refractivity contribution in [1.29, 1.82) is 0 Å². The van der Waals surface area contributed by atoms with E-state index >= 15 is 0 Å². The van der Waals surface area contributed by atoms with Gasteiger partial charge in [0.05, 0.1) is 6.04 Å². The molecule has 1 saturated carbocycles. The molecule has 2 aliphatic rings. The fraction of sp³-hybridized carbons (Fsp3) is 0.909. The maximum absolute atomic E-state index is 11.6. The largest absolute Gasteiger partial charge is 0.444 e. The molecule has 3 atom stereocenters. The molecule has 1 aliphatic carbocycles. The van der Waals surface area contributed by atoms with Gasteiger partial charge < -0.3 is 15.4 Å². The van der Waals surface area contributed by atoms with Gasteiger partial charge in [0.1, 0.15) is 5.60 Å². The molecular formula is C11H20N2O2. The van der Waals surface area contributed by atoms with E-state index in [1.807, 2.05) is 20.8 Å². The molecule has 2 N–H and O–H groups in total. The Morgan fingerprint density at radius 1 is 1.40 bits per heavy atom. The molecule has 0 aromatic rings. The van der Waals surface area contributed by atoms with Gasteiger partial charge in [-0.3, -0.25) is 0 Å². The molecule has 86 valence electrons. The van der Waals surface area contributed by atoms with E-state index in [9.17, 15) is 4.79 Å². The number of amides is 1. The average molecular weight is 212 g/mol. The highest BCUT2D eigenvalue weighted by atomic mass is 16.6. The Balaban J connectivity index is 1.85. The molecule has 4 heteroatoms. The second-order valence-electron chi connectivity index (χ2n) is 5.52. The van der Waals surface area contributed by atoms with E-state index in [0.29, 0.717) is 12.0 Å². The molecule has 1 amide bonds. The zero-order valence-corrected chi connectivity index (χ0v) is 9.67. The lowest BCUT2D eigenvalue weighted by molar-refractivity contribution is 0.0497. The first-order valence-electron chi connectivity index (χ1n) is 5.68. The molecule has 0 spiro atoms. The van der Waals surface area contributed by atoms with E-state index in [0.717, 1.165) is 6.54 Å². The van der Waals surface area contributed by atoms with Crippen molar-refractivity contribution in [3.05, 3.63) is 0 Å². The summed E-state index contributed by atoms with van der Waals surface area (Å²) in [5, 5.41) is 6.38. The number of piperidine rings is 1. The topological polar surface area (TPSA) is 50.4 Å². The first-order chi connectivity index (χ1) is 6.96. The van der Waals surface area contributed by atoms with Gasteiger partial charge in [0.15, 0.2) is 0 Å². The van der Waals surface area contributed by atoms with Gasteiger partial charge in [-0.05, 0) is 39.5 Å². The van der Waals surface area contributed by atoms with Crippen LogP contribution in [0.2, 0.25) is 0 Å². The van der Waals surface area contributed by atoms with E-state index in [1.165, 1.54) is 12.8 Å². The Labute approximate surface area is 90.8 Å². The summed E-state index contributed by atoms with van der Waals surface area (Å²) in [5.41, 5.74) is -0.408. The molecule has 0 unspecified atom stereocenters. The molecule has 1 heterocycles. The SMILES string of the molecule is CC(C)(C)OC(=O)N[C@@H]1[C@@H]2CC[C@@H]1NC2. The number of rotatable bonds is 1. The molecule has 0 aromatic carbocycles. The van der Waals surface area contributed by atoms with Gasteiger partial charge in [-0.1, -0.05) is 0 Å². The van der Waals surface area contributed by atoms with Crippen LogP contribution in [0.25, 0.3) is 0 Å². The van der Waals surface area contributed by atoms with Crippen LogP contribution in [-0.2, 0) is 4.74 Å². The van der Waals surface area contributed by atoms with Crippen LogP contribution >= 0.6 is 0 Å². The maximum Gasteiger partial charge on any atom is 0.407 e. The van der Waals surface area contributed by atoms with Crippen molar-refractivity contribution in [2.24, 2.45) is 5.92 Å². The Kier molecular flexibility index (Phi) is 2.63. The number of ether oxygens (including phenoxy) is 1. The molecule has 2 fully saturated rings. The quantitative estimate of drug-likeness (QED) is 0.688. The summed E-state index contributed by atoms with van der Waals surface area (Å²) in [5.74, 6) is 0.600. The highest BCUT2D eigenvalue weighted by Crippen LogP contribution is 2.31. The van der Waals surface area contributed by atoms with Crippen molar-refractivity contribution in [3.8, 4) is 0 Å². The van der Waals surface area contributed by atoms with Crippen LogP contribution in [0.5, 0.6) is 0 Å². The zero-order valence-electron chi connectivity index (χ0n) is 9.67. The standard InChI is InChI=1S/C11H20N2O2/c1-11(2,3)15-10(14)13-9-7-4-5-8(9)12-6-7/h7-9,12H,4-6H2,1-3H3,(H,13,14)/t7-,8+,9-/m1/s1. The Morgan fingerprint density at radius 2 is 2.13 bits per heavy atom. The van der Waals surface area contributed by atoms with Crippen molar-refractivity contribution in [1.82, 2.24) is 10.6 Å². The van der Waals surface area contributed by atoms with Crippen LogP contribution in [0.4, 0.5) is 4.79 Å².